The number of hydrogen-bond acceptors (Lipinski definition) is 3. The van der Waals surface area contributed by atoms with Gasteiger partial charge in [-0.3, -0.25) is 0 Å². The van der Waals surface area contributed by atoms with Crippen LogP contribution in [0.4, 0.5) is 0 Å². The van der Waals surface area contributed by atoms with Crippen molar-refractivity contribution in [3.63, 3.8) is 0 Å². The van der Waals surface area contributed by atoms with E-state index in [9.17, 15) is 9.90 Å². The third kappa shape index (κ3) is 7.66. The molecule has 4 aromatic rings. The average molecular weight is 669 g/mol. The second-order valence-corrected chi connectivity index (χ2v) is 24.2. The molecule has 0 atom stereocenters. The molecule has 0 heterocycles. The molecule has 0 amide bonds. The van der Waals surface area contributed by atoms with E-state index in [0.717, 1.165) is 18.9 Å². The summed E-state index contributed by atoms with van der Waals surface area (Å²) >= 11 is -4.08. The molecule has 220 valence electrons. The van der Waals surface area contributed by atoms with Crippen molar-refractivity contribution < 1.29 is 13.0 Å². The van der Waals surface area contributed by atoms with Gasteiger partial charge in [0.2, 0.25) is 0 Å². The van der Waals surface area contributed by atoms with Crippen LogP contribution in [0.2, 0.25) is 13.3 Å². The molecule has 0 bridgehead atoms. The minimum absolute atomic E-state index is 0.0299. The van der Waals surface area contributed by atoms with Crippen molar-refractivity contribution >= 4 is 24.8 Å². The number of carbonyl (C=O) groups excluding carboxylic acids is 1. The van der Waals surface area contributed by atoms with Gasteiger partial charge >= 0.3 is 259 Å². The van der Waals surface area contributed by atoms with E-state index in [1.807, 2.05) is 31.2 Å². The number of aromatic hydroxyl groups is 1. The van der Waals surface area contributed by atoms with E-state index in [1.165, 1.54) is 16.7 Å². The molecule has 0 fully saturated rings. The van der Waals surface area contributed by atoms with Crippen LogP contribution >= 0.6 is 0 Å². The Labute approximate surface area is 257 Å². The molecule has 0 aliphatic heterocycles. The van der Waals surface area contributed by atoms with Crippen molar-refractivity contribution in [1.82, 2.24) is 0 Å². The Morgan fingerprint density at radius 2 is 0.976 bits per heavy atom. The van der Waals surface area contributed by atoms with Gasteiger partial charge in [-0.2, -0.15) is 0 Å². The van der Waals surface area contributed by atoms with Crippen molar-refractivity contribution in [3.8, 4) is 5.75 Å². The predicted molar refractivity (Wildman–Crippen MR) is 177 cm³/mol. The monoisotopic (exact) mass is 670 g/mol. The third-order valence-electron chi connectivity index (χ3n) is 8.64. The normalized spacial score (nSPS) is 12.6. The van der Waals surface area contributed by atoms with Gasteiger partial charge in [0.05, 0.1) is 0 Å². The number of phenolic OH excluding ortho intramolecular Hbond substituents is 1. The Bertz CT molecular complexity index is 1350. The molecular formula is C38H46O3Sn. The second kappa shape index (κ2) is 12.7. The molecule has 4 aromatic carbocycles. The molecule has 0 aliphatic rings. The van der Waals surface area contributed by atoms with Crippen LogP contribution in [0.25, 0.3) is 0 Å². The molecule has 0 aromatic heterocycles. The van der Waals surface area contributed by atoms with E-state index in [1.54, 1.807) is 12.1 Å². The zero-order valence-electron chi connectivity index (χ0n) is 26.3. The minimum atomic E-state index is -4.08. The van der Waals surface area contributed by atoms with E-state index >= 15 is 0 Å². The Morgan fingerprint density at radius 3 is 1.33 bits per heavy atom. The first-order valence-corrected chi connectivity index (χ1v) is 22.1. The van der Waals surface area contributed by atoms with Crippen LogP contribution in [0.1, 0.15) is 74.2 Å². The van der Waals surface area contributed by atoms with Gasteiger partial charge in [-0.1, -0.05) is 0 Å². The molecule has 42 heavy (non-hydrogen) atoms. The Kier molecular flexibility index (Phi) is 9.61. The Balaban J connectivity index is 1.89. The maximum atomic E-state index is 14.2. The summed E-state index contributed by atoms with van der Waals surface area (Å²) in [5, 5.41) is 10.8. The molecule has 0 unspecified atom stereocenters. The van der Waals surface area contributed by atoms with Gasteiger partial charge in [-0.15, -0.1) is 0 Å². The van der Waals surface area contributed by atoms with E-state index < -0.39 is 24.8 Å². The topological polar surface area (TPSA) is 46.5 Å². The Hall–Kier alpha value is -3.05. The van der Waals surface area contributed by atoms with Gasteiger partial charge in [0.25, 0.3) is 0 Å². The van der Waals surface area contributed by atoms with Crippen molar-refractivity contribution in [2.75, 3.05) is 0 Å². The van der Waals surface area contributed by atoms with Gasteiger partial charge in [-0.05, 0) is 0 Å². The first-order valence-electron chi connectivity index (χ1n) is 14.9. The molecular weight excluding hydrogens is 623 g/mol. The summed E-state index contributed by atoms with van der Waals surface area (Å²) in [5.41, 5.74) is 4.26. The number of benzene rings is 4. The fraction of sp³-hybridized carbons (Fsp3) is 0.342. The molecule has 4 heteroatoms. The molecule has 0 aliphatic carbocycles. The SMILES string of the molecule is Cc1ccc(O)c(C(=O)[O][Sn]([CH2]C(C)(C)c2ccccc2)([CH2]C(C)(C)c2ccccc2)[CH2]C(C)(C)c2ccccc2)c1. The molecule has 0 spiro atoms. The van der Waals surface area contributed by atoms with E-state index in [2.05, 4.69) is 114 Å². The number of aryl methyl sites for hydroxylation is 1. The predicted octanol–water partition coefficient (Wildman–Crippen LogP) is 9.74. The van der Waals surface area contributed by atoms with E-state index in [0.29, 0.717) is 0 Å². The first kappa shape index (κ1) is 31.9. The van der Waals surface area contributed by atoms with Crippen LogP contribution in [-0.2, 0) is 19.3 Å². The quantitative estimate of drug-likeness (QED) is 0.162. The summed E-state index contributed by atoms with van der Waals surface area (Å²) in [6, 6.07) is 37.0. The van der Waals surface area contributed by atoms with Crippen molar-refractivity contribution in [2.45, 2.75) is 78.0 Å². The van der Waals surface area contributed by atoms with Crippen LogP contribution in [0, 0.1) is 6.92 Å². The molecule has 0 saturated carbocycles. The summed E-state index contributed by atoms with van der Waals surface area (Å²) < 4.78 is 9.49. The number of rotatable bonds is 11. The van der Waals surface area contributed by atoms with Crippen molar-refractivity contribution in [1.29, 1.82) is 0 Å². The fourth-order valence-electron chi connectivity index (χ4n) is 6.75. The third-order valence-corrected chi connectivity index (χ3v) is 23.5. The van der Waals surface area contributed by atoms with Crippen LogP contribution in [0.3, 0.4) is 0 Å². The summed E-state index contributed by atoms with van der Waals surface area (Å²) in [7, 11) is 0. The van der Waals surface area contributed by atoms with Crippen LogP contribution in [-0.4, -0.2) is 29.9 Å². The van der Waals surface area contributed by atoms with Crippen molar-refractivity contribution in [2.24, 2.45) is 0 Å². The first-order chi connectivity index (χ1) is 19.7. The van der Waals surface area contributed by atoms with Gasteiger partial charge in [0.15, 0.2) is 0 Å². The summed E-state index contributed by atoms with van der Waals surface area (Å²) in [5.74, 6) is -0.429. The second-order valence-electron chi connectivity index (χ2n) is 13.9. The molecule has 0 radical (unpaired) electrons. The van der Waals surface area contributed by atoms with E-state index in [-0.39, 0.29) is 27.6 Å². The molecule has 1 N–H and O–H groups in total. The summed E-state index contributed by atoms with van der Waals surface area (Å²) in [6.45, 7) is 15.7. The van der Waals surface area contributed by atoms with Gasteiger partial charge in [0.1, 0.15) is 0 Å². The van der Waals surface area contributed by atoms with Gasteiger partial charge in [-0.25, -0.2) is 0 Å². The molecule has 3 nitrogen and oxygen atoms in total. The standard InChI is InChI=1S/3C10H13.C8H8O3.Sn/c3*1-10(2,3)9-7-5-4-6-8-9;1-5-2-3-7(9)6(4-5)8(10)11;/h3*4-8H,1H2,2-3H3;2-4,9H,1H3,(H,10,11);/q;;;;+1/p-1. The zero-order chi connectivity index (χ0) is 30.6. The van der Waals surface area contributed by atoms with Crippen LogP contribution in [0.15, 0.2) is 109 Å². The van der Waals surface area contributed by atoms with Crippen molar-refractivity contribution in [3.05, 3.63) is 137 Å². The van der Waals surface area contributed by atoms with Gasteiger partial charge < -0.3 is 0 Å². The summed E-state index contributed by atoms with van der Waals surface area (Å²) in [4.78, 5) is 14.2. The van der Waals surface area contributed by atoms with Crippen LogP contribution in [0.5, 0.6) is 5.75 Å². The number of carbonyl (C=O) groups is 1. The van der Waals surface area contributed by atoms with Crippen LogP contribution < -0.4 is 0 Å². The summed E-state index contributed by atoms with van der Waals surface area (Å²) in [6.07, 6.45) is 0. The molecule has 4 rings (SSSR count). The maximum absolute atomic E-state index is 14.2. The Morgan fingerprint density at radius 1 is 0.619 bits per heavy atom. The molecule has 0 saturated heterocycles. The number of phenols is 1. The van der Waals surface area contributed by atoms with Gasteiger partial charge in [0, 0.05) is 0 Å². The average Bonchev–Trinajstić information content (AvgIpc) is 2.95. The number of hydrogen-bond donors (Lipinski definition) is 1. The fourth-order valence-corrected chi connectivity index (χ4v) is 25.4. The zero-order valence-corrected chi connectivity index (χ0v) is 29.1. The van der Waals surface area contributed by atoms with E-state index in [4.69, 9.17) is 3.07 Å².